The lowest BCUT2D eigenvalue weighted by Crippen LogP contribution is -2.13. The van der Waals surface area contributed by atoms with Gasteiger partial charge in [0, 0.05) is 30.6 Å². The van der Waals surface area contributed by atoms with E-state index < -0.39 is 29.2 Å². The molecule has 11 heteroatoms. The van der Waals surface area contributed by atoms with Gasteiger partial charge in [0.15, 0.2) is 0 Å². The summed E-state index contributed by atoms with van der Waals surface area (Å²) in [5, 5.41) is 5.34. The maximum atomic E-state index is 13.4. The molecule has 0 spiro atoms. The molecule has 1 aromatic carbocycles. The summed E-state index contributed by atoms with van der Waals surface area (Å²) in [5.41, 5.74) is -2.37. The molecule has 0 radical (unpaired) electrons. The lowest BCUT2D eigenvalue weighted by molar-refractivity contribution is -0.142. The highest BCUT2D eigenvalue weighted by molar-refractivity contribution is 5.69. The van der Waals surface area contributed by atoms with Crippen LogP contribution in [0.4, 0.5) is 43.8 Å². The third-order valence-electron chi connectivity index (χ3n) is 3.95. The molecule has 0 saturated heterocycles. The second-order valence-corrected chi connectivity index (χ2v) is 6.11. The lowest BCUT2D eigenvalue weighted by atomic mass is 10.1. The Hall–Kier alpha value is -3.37. The van der Waals surface area contributed by atoms with Crippen molar-refractivity contribution in [3.63, 3.8) is 0 Å². The fourth-order valence-electron chi connectivity index (χ4n) is 2.62. The lowest BCUT2D eigenvalue weighted by Gasteiger charge is -2.17. The van der Waals surface area contributed by atoms with Gasteiger partial charge in [-0.15, -0.1) is 0 Å². The second kappa shape index (κ2) is 8.17. The molecular formula is C19H15F6N5. The molecular weight excluding hydrogens is 412 g/mol. The molecule has 0 aliphatic carbocycles. The van der Waals surface area contributed by atoms with E-state index in [0.717, 1.165) is 6.07 Å². The van der Waals surface area contributed by atoms with Crippen molar-refractivity contribution in [2.24, 2.45) is 0 Å². The van der Waals surface area contributed by atoms with Gasteiger partial charge in [0.2, 0.25) is 5.95 Å². The van der Waals surface area contributed by atoms with Crippen molar-refractivity contribution in [1.82, 2.24) is 15.0 Å². The van der Waals surface area contributed by atoms with Gasteiger partial charge in [-0.3, -0.25) is 4.98 Å². The first-order valence-corrected chi connectivity index (χ1v) is 8.66. The van der Waals surface area contributed by atoms with Crippen LogP contribution in [0.3, 0.4) is 0 Å². The third-order valence-corrected chi connectivity index (χ3v) is 3.95. The molecule has 2 heterocycles. The molecule has 0 fully saturated rings. The van der Waals surface area contributed by atoms with E-state index in [1.54, 1.807) is 19.1 Å². The smallest absolute Gasteiger partial charge is 0.354 e. The molecule has 158 valence electrons. The molecule has 0 bridgehead atoms. The number of nitrogens with one attached hydrogen (secondary N) is 2. The second-order valence-electron chi connectivity index (χ2n) is 6.11. The number of hydrogen-bond acceptors (Lipinski definition) is 5. The fourth-order valence-corrected chi connectivity index (χ4v) is 2.62. The summed E-state index contributed by atoms with van der Waals surface area (Å²) in [7, 11) is 0. The summed E-state index contributed by atoms with van der Waals surface area (Å²) < 4.78 is 78.8. The number of alkyl halides is 6. The number of aromatic nitrogens is 3. The average Bonchev–Trinajstić information content (AvgIpc) is 2.67. The van der Waals surface area contributed by atoms with Crippen LogP contribution in [0.25, 0.3) is 11.3 Å². The number of benzene rings is 1. The van der Waals surface area contributed by atoms with Crippen LogP contribution in [0.5, 0.6) is 0 Å². The predicted octanol–water partition coefficient (Wildman–Crippen LogP) is 5.75. The number of hydrogen-bond donors (Lipinski definition) is 2. The van der Waals surface area contributed by atoms with E-state index in [1.807, 2.05) is 0 Å². The van der Waals surface area contributed by atoms with Gasteiger partial charge in [0.05, 0.1) is 22.5 Å². The summed E-state index contributed by atoms with van der Waals surface area (Å²) in [4.78, 5) is 12.3. The van der Waals surface area contributed by atoms with Gasteiger partial charge in [-0.25, -0.2) is 4.98 Å². The maximum Gasteiger partial charge on any atom is 0.418 e. The van der Waals surface area contributed by atoms with Gasteiger partial charge in [-0.1, -0.05) is 0 Å². The number of halogens is 6. The van der Waals surface area contributed by atoms with Crippen LogP contribution in [0.2, 0.25) is 0 Å². The summed E-state index contributed by atoms with van der Waals surface area (Å²) in [6.45, 7) is 2.24. The zero-order valence-electron chi connectivity index (χ0n) is 15.4. The zero-order chi connectivity index (χ0) is 21.9. The van der Waals surface area contributed by atoms with Crippen LogP contribution in [0.1, 0.15) is 18.1 Å². The van der Waals surface area contributed by atoms with E-state index in [0.29, 0.717) is 23.9 Å². The Balaban J connectivity index is 2.06. The summed E-state index contributed by atoms with van der Waals surface area (Å²) >= 11 is 0. The van der Waals surface area contributed by atoms with Gasteiger partial charge in [0.25, 0.3) is 0 Å². The largest absolute Gasteiger partial charge is 0.418 e. The third kappa shape index (κ3) is 4.97. The predicted molar refractivity (Wildman–Crippen MR) is 99.2 cm³/mol. The molecule has 2 N–H and O–H groups in total. The molecule has 3 rings (SSSR count). The monoisotopic (exact) mass is 427 g/mol. The first-order valence-electron chi connectivity index (χ1n) is 8.66. The van der Waals surface area contributed by atoms with E-state index in [1.165, 1.54) is 18.5 Å². The van der Waals surface area contributed by atoms with Gasteiger partial charge >= 0.3 is 12.4 Å². The van der Waals surface area contributed by atoms with Crippen molar-refractivity contribution >= 4 is 17.5 Å². The van der Waals surface area contributed by atoms with Crippen molar-refractivity contribution in [3.8, 4) is 11.3 Å². The summed E-state index contributed by atoms with van der Waals surface area (Å²) in [5.74, 6) is 0.132. The Kier molecular flexibility index (Phi) is 5.81. The number of nitrogens with zero attached hydrogens (tertiary/aromatic N) is 3. The minimum atomic E-state index is -5.00. The van der Waals surface area contributed by atoms with Gasteiger partial charge in [0.1, 0.15) is 5.82 Å². The van der Waals surface area contributed by atoms with Crippen LogP contribution < -0.4 is 10.6 Å². The first-order chi connectivity index (χ1) is 14.1. The fraction of sp³-hybridized carbons (Fsp3) is 0.211. The highest BCUT2D eigenvalue weighted by Crippen LogP contribution is 2.40. The van der Waals surface area contributed by atoms with E-state index in [-0.39, 0.29) is 17.8 Å². The topological polar surface area (TPSA) is 62.7 Å². The normalized spacial score (nSPS) is 12.0. The van der Waals surface area contributed by atoms with E-state index >= 15 is 0 Å². The van der Waals surface area contributed by atoms with Crippen LogP contribution in [0, 0.1) is 0 Å². The standard InChI is InChI=1S/C19H15F6N5/c1-2-27-17-29-15(11-5-7-26-8-6-11)10-16(30-17)28-14-4-3-12(18(20,21)22)9-13(14)19(23,24)25/h3-10H,2H2,1H3,(H2,27,28,29,30). The molecule has 30 heavy (non-hydrogen) atoms. The average molecular weight is 427 g/mol. The summed E-state index contributed by atoms with van der Waals surface area (Å²) in [6, 6.07) is 6.08. The Morgan fingerprint density at radius 3 is 2.17 bits per heavy atom. The van der Waals surface area contributed by atoms with Gasteiger partial charge in [-0.2, -0.15) is 31.3 Å². The van der Waals surface area contributed by atoms with E-state index in [4.69, 9.17) is 0 Å². The minimum Gasteiger partial charge on any atom is -0.354 e. The molecule has 3 aromatic rings. The molecule has 0 atom stereocenters. The Bertz CT molecular complexity index is 1020. The minimum absolute atomic E-state index is 0.0157. The van der Waals surface area contributed by atoms with Crippen molar-refractivity contribution in [1.29, 1.82) is 0 Å². The van der Waals surface area contributed by atoms with Crippen LogP contribution >= 0.6 is 0 Å². The molecule has 0 aliphatic heterocycles. The van der Waals surface area contributed by atoms with Crippen molar-refractivity contribution in [2.45, 2.75) is 19.3 Å². The maximum absolute atomic E-state index is 13.4. The van der Waals surface area contributed by atoms with Crippen LogP contribution in [-0.2, 0) is 12.4 Å². The van der Waals surface area contributed by atoms with E-state index in [2.05, 4.69) is 25.6 Å². The molecule has 0 amide bonds. The van der Waals surface area contributed by atoms with Crippen molar-refractivity contribution in [2.75, 3.05) is 17.2 Å². The zero-order valence-corrected chi connectivity index (χ0v) is 15.4. The molecule has 2 aromatic heterocycles. The molecule has 5 nitrogen and oxygen atoms in total. The van der Waals surface area contributed by atoms with Gasteiger partial charge in [-0.05, 0) is 37.3 Å². The number of rotatable bonds is 5. The molecule has 0 unspecified atom stereocenters. The Morgan fingerprint density at radius 1 is 0.867 bits per heavy atom. The van der Waals surface area contributed by atoms with Crippen LogP contribution in [-0.4, -0.2) is 21.5 Å². The number of pyridine rings is 1. The summed E-state index contributed by atoms with van der Waals surface area (Å²) in [6.07, 6.45) is -6.86. The van der Waals surface area contributed by atoms with Crippen LogP contribution in [0.15, 0.2) is 48.8 Å². The molecule has 0 aliphatic rings. The Morgan fingerprint density at radius 2 is 1.57 bits per heavy atom. The quantitative estimate of drug-likeness (QED) is 0.508. The van der Waals surface area contributed by atoms with Crippen molar-refractivity contribution in [3.05, 3.63) is 59.9 Å². The van der Waals surface area contributed by atoms with Gasteiger partial charge < -0.3 is 10.6 Å². The molecule has 0 saturated carbocycles. The van der Waals surface area contributed by atoms with E-state index in [9.17, 15) is 26.3 Å². The SMILES string of the molecule is CCNc1nc(Nc2ccc(C(F)(F)F)cc2C(F)(F)F)cc(-c2ccncc2)n1. The number of anilines is 3. The Labute approximate surface area is 167 Å². The first kappa shape index (κ1) is 21.3. The highest BCUT2D eigenvalue weighted by Gasteiger charge is 2.38. The highest BCUT2D eigenvalue weighted by atomic mass is 19.4. The van der Waals surface area contributed by atoms with Crippen molar-refractivity contribution < 1.29 is 26.3 Å².